The van der Waals surface area contributed by atoms with Crippen molar-refractivity contribution in [1.82, 2.24) is 5.06 Å². The largest absolute Gasteiger partial charge is 0.492 e. The molecule has 2 aromatic rings. The third kappa shape index (κ3) is 5.16. The molecule has 0 radical (unpaired) electrons. The van der Waals surface area contributed by atoms with Gasteiger partial charge < -0.3 is 16.2 Å². The highest BCUT2D eigenvalue weighted by Gasteiger charge is 2.32. The van der Waals surface area contributed by atoms with Crippen molar-refractivity contribution in [2.24, 2.45) is 21.5 Å². The Morgan fingerprint density at radius 2 is 1.76 bits per heavy atom. The number of benzene rings is 2. The molecule has 0 atom stereocenters. The minimum Gasteiger partial charge on any atom is -0.492 e. The van der Waals surface area contributed by atoms with Gasteiger partial charge in [-0.1, -0.05) is 29.8 Å². The smallest absolute Gasteiger partial charge is 0.226 e. The Balaban J connectivity index is 1.54. The molecule has 0 saturated carbocycles. The van der Waals surface area contributed by atoms with Gasteiger partial charge in [0.1, 0.15) is 11.6 Å². The quantitative estimate of drug-likeness (QED) is 0.669. The maximum absolute atomic E-state index is 13.1. The summed E-state index contributed by atoms with van der Waals surface area (Å²) >= 11 is 6.23. The maximum Gasteiger partial charge on any atom is 0.226 e. The molecule has 0 fully saturated rings. The van der Waals surface area contributed by atoms with Gasteiger partial charge in [0.15, 0.2) is 5.66 Å². The van der Waals surface area contributed by atoms with Crippen LogP contribution >= 0.6 is 11.6 Å². The number of nitrogens with two attached hydrogens (primary N) is 2. The van der Waals surface area contributed by atoms with Crippen molar-refractivity contribution in [2.75, 3.05) is 13.2 Å². The molecule has 1 aliphatic rings. The maximum atomic E-state index is 13.1. The van der Waals surface area contributed by atoms with E-state index in [4.69, 9.17) is 32.6 Å². The van der Waals surface area contributed by atoms with Gasteiger partial charge in [0, 0.05) is 6.42 Å². The fourth-order valence-corrected chi connectivity index (χ4v) is 3.02. The summed E-state index contributed by atoms with van der Waals surface area (Å²) in [6.07, 6.45) is 0.580. The summed E-state index contributed by atoms with van der Waals surface area (Å²) in [5.41, 5.74) is 12.5. The van der Waals surface area contributed by atoms with Crippen LogP contribution in [0.3, 0.4) is 0 Å². The van der Waals surface area contributed by atoms with Gasteiger partial charge in [0.2, 0.25) is 11.9 Å². The molecule has 1 aliphatic heterocycles. The van der Waals surface area contributed by atoms with Crippen LogP contribution in [-0.4, -0.2) is 35.9 Å². The molecule has 3 rings (SSSR count). The van der Waals surface area contributed by atoms with Crippen LogP contribution in [0.5, 0.6) is 5.75 Å². The SMILES string of the molecule is CC1(C)N=C(N)N=C(N)N1OCCCOc1cc(-c2ccc(F)cc2)ccc1Cl. The van der Waals surface area contributed by atoms with Crippen LogP contribution in [0.1, 0.15) is 20.3 Å². The van der Waals surface area contributed by atoms with Crippen molar-refractivity contribution in [3.8, 4) is 16.9 Å². The van der Waals surface area contributed by atoms with Crippen molar-refractivity contribution in [3.05, 3.63) is 53.3 Å². The van der Waals surface area contributed by atoms with Crippen LogP contribution in [-0.2, 0) is 4.84 Å². The van der Waals surface area contributed by atoms with Crippen molar-refractivity contribution in [2.45, 2.75) is 25.9 Å². The monoisotopic (exact) mass is 419 g/mol. The summed E-state index contributed by atoms with van der Waals surface area (Å²) < 4.78 is 18.9. The second-order valence-corrected chi connectivity index (χ2v) is 7.32. The van der Waals surface area contributed by atoms with E-state index in [9.17, 15) is 4.39 Å². The zero-order chi connectivity index (χ0) is 21.0. The van der Waals surface area contributed by atoms with Gasteiger partial charge in [-0.2, -0.15) is 10.1 Å². The number of guanidine groups is 2. The highest BCUT2D eigenvalue weighted by Crippen LogP contribution is 2.31. The first-order valence-electron chi connectivity index (χ1n) is 9.07. The predicted molar refractivity (Wildman–Crippen MR) is 112 cm³/mol. The molecule has 0 unspecified atom stereocenters. The predicted octanol–water partition coefficient (Wildman–Crippen LogP) is 3.53. The zero-order valence-electron chi connectivity index (χ0n) is 16.2. The van der Waals surface area contributed by atoms with Crippen LogP contribution in [0.15, 0.2) is 52.4 Å². The Hall–Kier alpha value is -2.84. The fraction of sp³-hybridized carbons (Fsp3) is 0.300. The number of aliphatic imine (C=N–C) groups is 2. The number of rotatable bonds is 7. The lowest BCUT2D eigenvalue weighted by atomic mass is 10.1. The van der Waals surface area contributed by atoms with Crippen molar-refractivity contribution >= 4 is 23.5 Å². The summed E-state index contributed by atoms with van der Waals surface area (Å²) in [6, 6.07) is 11.7. The number of ether oxygens (including phenoxy) is 1. The van der Waals surface area contributed by atoms with Crippen LogP contribution in [0.4, 0.5) is 4.39 Å². The second kappa shape index (κ2) is 8.67. The summed E-state index contributed by atoms with van der Waals surface area (Å²) in [5, 5.41) is 1.92. The van der Waals surface area contributed by atoms with Gasteiger partial charge in [-0.05, 0) is 49.2 Å². The molecule has 0 aliphatic carbocycles. The number of hydrogen-bond donors (Lipinski definition) is 2. The van der Waals surface area contributed by atoms with E-state index in [1.54, 1.807) is 18.2 Å². The molecule has 0 bridgehead atoms. The average molecular weight is 420 g/mol. The van der Waals surface area contributed by atoms with Gasteiger partial charge in [-0.25, -0.2) is 9.38 Å². The fourth-order valence-electron chi connectivity index (χ4n) is 2.85. The third-order valence-corrected chi connectivity index (χ3v) is 4.51. The normalized spacial score (nSPS) is 15.7. The van der Waals surface area contributed by atoms with E-state index < -0.39 is 5.66 Å². The Bertz CT molecular complexity index is 931. The van der Waals surface area contributed by atoms with E-state index in [1.807, 2.05) is 26.0 Å². The number of nitrogens with zero attached hydrogens (tertiary/aromatic N) is 3. The van der Waals surface area contributed by atoms with E-state index in [2.05, 4.69) is 9.98 Å². The van der Waals surface area contributed by atoms with E-state index in [0.29, 0.717) is 30.4 Å². The van der Waals surface area contributed by atoms with Crippen LogP contribution in [0.2, 0.25) is 5.02 Å². The number of hydrogen-bond acceptors (Lipinski definition) is 7. The lowest BCUT2D eigenvalue weighted by Gasteiger charge is -2.36. The van der Waals surface area contributed by atoms with Crippen molar-refractivity contribution in [1.29, 1.82) is 0 Å². The standard InChI is InChI=1S/C20H23ClFN5O2/c1-20(2)26-18(23)25-19(24)27(20)29-11-3-10-28-17-12-14(6-9-16(17)21)13-4-7-15(22)8-5-13/h4-9,12H,3,10-11H2,1-2H3,(H4,23,24,25,26). The molecule has 0 saturated heterocycles. The minimum atomic E-state index is -0.746. The molecule has 7 nitrogen and oxygen atoms in total. The zero-order valence-corrected chi connectivity index (χ0v) is 17.0. The highest BCUT2D eigenvalue weighted by molar-refractivity contribution is 6.32. The molecule has 154 valence electrons. The molecule has 0 spiro atoms. The first-order chi connectivity index (χ1) is 13.8. The average Bonchev–Trinajstić information content (AvgIpc) is 2.64. The molecule has 4 N–H and O–H groups in total. The number of hydroxylamine groups is 2. The molecular weight excluding hydrogens is 397 g/mol. The van der Waals surface area contributed by atoms with Crippen molar-refractivity contribution < 1.29 is 14.0 Å². The molecule has 9 heteroatoms. The lowest BCUT2D eigenvalue weighted by molar-refractivity contribution is -0.158. The Morgan fingerprint density at radius 1 is 1.07 bits per heavy atom. The minimum absolute atomic E-state index is 0.117. The Kier molecular flexibility index (Phi) is 6.24. The second-order valence-electron chi connectivity index (χ2n) is 6.92. The summed E-state index contributed by atoms with van der Waals surface area (Å²) in [5.74, 6) is 0.533. The van der Waals surface area contributed by atoms with Crippen LogP contribution in [0, 0.1) is 5.82 Å². The van der Waals surface area contributed by atoms with Gasteiger partial charge in [0.05, 0.1) is 18.2 Å². The highest BCUT2D eigenvalue weighted by atomic mass is 35.5. The molecular formula is C20H23ClFN5O2. The first-order valence-corrected chi connectivity index (χ1v) is 9.45. The summed E-state index contributed by atoms with van der Waals surface area (Å²) in [7, 11) is 0. The van der Waals surface area contributed by atoms with E-state index >= 15 is 0 Å². The molecule has 1 heterocycles. The van der Waals surface area contributed by atoms with Crippen LogP contribution < -0.4 is 16.2 Å². The first kappa shape index (κ1) is 20.9. The van der Waals surface area contributed by atoms with Gasteiger partial charge in [-0.3, -0.25) is 4.84 Å². The van der Waals surface area contributed by atoms with E-state index in [0.717, 1.165) is 11.1 Å². The number of halogens is 2. The lowest BCUT2D eigenvalue weighted by Crippen LogP contribution is -2.53. The third-order valence-electron chi connectivity index (χ3n) is 4.20. The Labute approximate surface area is 173 Å². The van der Waals surface area contributed by atoms with E-state index in [1.165, 1.54) is 17.2 Å². The van der Waals surface area contributed by atoms with Crippen LogP contribution in [0.25, 0.3) is 11.1 Å². The van der Waals surface area contributed by atoms with E-state index in [-0.39, 0.29) is 17.7 Å². The summed E-state index contributed by atoms with van der Waals surface area (Å²) in [6.45, 7) is 4.35. The van der Waals surface area contributed by atoms with Gasteiger partial charge >= 0.3 is 0 Å². The van der Waals surface area contributed by atoms with Gasteiger partial charge in [0.25, 0.3) is 0 Å². The van der Waals surface area contributed by atoms with Crippen molar-refractivity contribution in [3.63, 3.8) is 0 Å². The molecule has 2 aromatic carbocycles. The Morgan fingerprint density at radius 3 is 2.45 bits per heavy atom. The topological polar surface area (TPSA) is 98.5 Å². The summed E-state index contributed by atoms with van der Waals surface area (Å²) in [4.78, 5) is 13.8. The molecule has 29 heavy (non-hydrogen) atoms. The van der Waals surface area contributed by atoms with Gasteiger partial charge in [-0.15, -0.1) is 0 Å². The molecule has 0 aromatic heterocycles. The molecule has 0 amide bonds.